The third-order valence-corrected chi connectivity index (χ3v) is 2.64. The number of ether oxygens (including phenoxy) is 1. The molecule has 1 aliphatic rings. The second-order valence-electron chi connectivity index (χ2n) is 3.98. The van der Waals surface area contributed by atoms with Crippen molar-refractivity contribution in [2.75, 3.05) is 13.7 Å². The molecule has 1 rings (SSSR count). The molecule has 3 atom stereocenters. The Labute approximate surface area is 80.5 Å². The molecule has 13 heavy (non-hydrogen) atoms. The van der Waals surface area contributed by atoms with Gasteiger partial charge in [-0.25, -0.2) is 0 Å². The lowest BCUT2D eigenvalue weighted by Gasteiger charge is -2.30. The first-order valence-electron chi connectivity index (χ1n) is 5.17. The average molecular weight is 187 g/mol. The summed E-state index contributed by atoms with van der Waals surface area (Å²) in [4.78, 5) is 0. The minimum atomic E-state index is -0.159. The fourth-order valence-corrected chi connectivity index (χ4v) is 1.97. The molecule has 0 aromatic heterocycles. The van der Waals surface area contributed by atoms with E-state index in [1.807, 2.05) is 0 Å². The third-order valence-electron chi connectivity index (χ3n) is 2.64. The van der Waals surface area contributed by atoms with Crippen molar-refractivity contribution >= 4 is 0 Å². The summed E-state index contributed by atoms with van der Waals surface area (Å²) in [5.41, 5.74) is 0. The van der Waals surface area contributed by atoms with Gasteiger partial charge in [-0.3, -0.25) is 0 Å². The van der Waals surface area contributed by atoms with Crippen molar-refractivity contribution in [3.05, 3.63) is 0 Å². The van der Waals surface area contributed by atoms with Crippen LogP contribution in [0.15, 0.2) is 0 Å². The molecule has 0 radical (unpaired) electrons. The third kappa shape index (κ3) is 3.63. The average Bonchev–Trinajstić information content (AvgIpc) is 2.09. The van der Waals surface area contributed by atoms with Gasteiger partial charge in [0, 0.05) is 19.2 Å². The lowest BCUT2D eigenvalue weighted by atomic mass is 9.92. The quantitative estimate of drug-likeness (QED) is 0.687. The molecule has 2 N–H and O–H groups in total. The number of rotatable bonds is 4. The van der Waals surface area contributed by atoms with Crippen molar-refractivity contribution in [3.8, 4) is 0 Å². The molecular weight excluding hydrogens is 166 g/mol. The van der Waals surface area contributed by atoms with Gasteiger partial charge in [0.2, 0.25) is 0 Å². The first kappa shape index (κ1) is 11.0. The van der Waals surface area contributed by atoms with Crippen LogP contribution in [-0.4, -0.2) is 37.0 Å². The Bertz CT molecular complexity index is 141. The molecule has 1 fully saturated rings. The van der Waals surface area contributed by atoms with E-state index in [4.69, 9.17) is 4.74 Å². The van der Waals surface area contributed by atoms with E-state index in [0.29, 0.717) is 12.6 Å². The number of hydrogen-bond donors (Lipinski definition) is 2. The summed E-state index contributed by atoms with van der Waals surface area (Å²) in [5, 5.41) is 13.1. The van der Waals surface area contributed by atoms with Crippen LogP contribution < -0.4 is 5.32 Å². The highest BCUT2D eigenvalue weighted by Gasteiger charge is 2.23. The Morgan fingerprint density at radius 3 is 2.77 bits per heavy atom. The lowest BCUT2D eigenvalue weighted by molar-refractivity contribution is 0.0755. The number of aliphatic hydroxyl groups is 1. The number of nitrogens with one attached hydrogen (secondary N) is 1. The first-order chi connectivity index (χ1) is 6.24. The van der Waals surface area contributed by atoms with Gasteiger partial charge in [-0.1, -0.05) is 12.8 Å². The Morgan fingerprint density at radius 1 is 1.46 bits per heavy atom. The van der Waals surface area contributed by atoms with E-state index in [1.165, 1.54) is 6.42 Å². The fraction of sp³-hybridized carbons (Fsp3) is 1.00. The summed E-state index contributed by atoms with van der Waals surface area (Å²) >= 11 is 0. The lowest BCUT2D eigenvalue weighted by Crippen LogP contribution is -2.47. The highest BCUT2D eigenvalue weighted by molar-refractivity contribution is 4.82. The van der Waals surface area contributed by atoms with Gasteiger partial charge in [-0.2, -0.15) is 0 Å². The second-order valence-corrected chi connectivity index (χ2v) is 3.98. The molecule has 78 valence electrons. The topological polar surface area (TPSA) is 41.5 Å². The molecule has 0 aromatic rings. The minimum Gasteiger partial charge on any atom is -0.392 e. The molecule has 0 aromatic carbocycles. The van der Waals surface area contributed by atoms with Gasteiger partial charge in [0.05, 0.1) is 12.7 Å². The molecule has 3 heteroatoms. The SMILES string of the molecule is COCC(C)N[C@H]1CCCC[C@@H]1O. The molecule has 0 bridgehead atoms. The molecule has 0 heterocycles. The van der Waals surface area contributed by atoms with Gasteiger partial charge >= 0.3 is 0 Å². The zero-order valence-corrected chi connectivity index (χ0v) is 8.62. The summed E-state index contributed by atoms with van der Waals surface area (Å²) in [6.07, 6.45) is 4.27. The standard InChI is InChI=1S/C10H21NO2/c1-8(7-13-2)11-9-5-3-4-6-10(9)12/h8-12H,3-7H2,1-2H3/t8?,9-,10-/m0/s1. The van der Waals surface area contributed by atoms with Crippen molar-refractivity contribution in [3.63, 3.8) is 0 Å². The zero-order chi connectivity index (χ0) is 9.68. The summed E-state index contributed by atoms with van der Waals surface area (Å²) in [6, 6.07) is 0.613. The number of methoxy groups -OCH3 is 1. The van der Waals surface area contributed by atoms with E-state index in [9.17, 15) is 5.11 Å². The van der Waals surface area contributed by atoms with Gasteiger partial charge in [-0.15, -0.1) is 0 Å². The first-order valence-corrected chi connectivity index (χ1v) is 5.17. The highest BCUT2D eigenvalue weighted by Crippen LogP contribution is 2.18. The molecule has 3 nitrogen and oxygen atoms in total. The molecule has 1 saturated carbocycles. The summed E-state index contributed by atoms with van der Waals surface area (Å²) in [6.45, 7) is 2.80. The van der Waals surface area contributed by atoms with Crippen LogP contribution in [0, 0.1) is 0 Å². The van der Waals surface area contributed by atoms with Crippen LogP contribution in [-0.2, 0) is 4.74 Å². The maximum atomic E-state index is 9.68. The van der Waals surface area contributed by atoms with Crippen LogP contribution in [0.5, 0.6) is 0 Å². The highest BCUT2D eigenvalue weighted by atomic mass is 16.5. The van der Waals surface area contributed by atoms with Crippen LogP contribution in [0.4, 0.5) is 0 Å². The Kier molecular flexibility index (Phi) is 4.70. The maximum Gasteiger partial charge on any atom is 0.0693 e. The van der Waals surface area contributed by atoms with Crippen LogP contribution in [0.3, 0.4) is 0 Å². The number of hydrogen-bond acceptors (Lipinski definition) is 3. The summed E-state index contributed by atoms with van der Waals surface area (Å²) in [7, 11) is 1.70. The van der Waals surface area contributed by atoms with E-state index in [-0.39, 0.29) is 12.1 Å². The van der Waals surface area contributed by atoms with Crippen LogP contribution in [0.2, 0.25) is 0 Å². The Morgan fingerprint density at radius 2 is 2.15 bits per heavy atom. The van der Waals surface area contributed by atoms with Gasteiger partial charge < -0.3 is 15.2 Å². The molecule has 1 unspecified atom stereocenters. The van der Waals surface area contributed by atoms with Crippen LogP contribution in [0.1, 0.15) is 32.6 Å². The smallest absolute Gasteiger partial charge is 0.0693 e. The van der Waals surface area contributed by atoms with E-state index >= 15 is 0 Å². The van der Waals surface area contributed by atoms with Crippen LogP contribution >= 0.6 is 0 Å². The second kappa shape index (κ2) is 5.58. The van der Waals surface area contributed by atoms with Gasteiger partial charge in [0.25, 0.3) is 0 Å². The van der Waals surface area contributed by atoms with Crippen LogP contribution in [0.25, 0.3) is 0 Å². The Balaban J connectivity index is 2.25. The van der Waals surface area contributed by atoms with E-state index in [1.54, 1.807) is 7.11 Å². The molecule has 0 aliphatic heterocycles. The fourth-order valence-electron chi connectivity index (χ4n) is 1.97. The molecule has 1 aliphatic carbocycles. The van der Waals surface area contributed by atoms with E-state index in [0.717, 1.165) is 19.3 Å². The predicted molar refractivity (Wildman–Crippen MR) is 52.7 cm³/mol. The van der Waals surface area contributed by atoms with Crippen molar-refractivity contribution < 1.29 is 9.84 Å². The van der Waals surface area contributed by atoms with Gasteiger partial charge in [0.15, 0.2) is 0 Å². The van der Waals surface area contributed by atoms with Crippen molar-refractivity contribution in [1.82, 2.24) is 5.32 Å². The largest absolute Gasteiger partial charge is 0.392 e. The number of aliphatic hydroxyl groups excluding tert-OH is 1. The maximum absolute atomic E-state index is 9.68. The predicted octanol–water partition coefficient (Wildman–Crippen LogP) is 0.914. The normalized spacial score (nSPS) is 31.6. The Hall–Kier alpha value is -0.120. The van der Waals surface area contributed by atoms with Crippen molar-refractivity contribution in [1.29, 1.82) is 0 Å². The molecule has 0 amide bonds. The van der Waals surface area contributed by atoms with Gasteiger partial charge in [-0.05, 0) is 19.8 Å². The minimum absolute atomic E-state index is 0.159. The van der Waals surface area contributed by atoms with Crippen molar-refractivity contribution in [2.24, 2.45) is 0 Å². The van der Waals surface area contributed by atoms with Crippen molar-refractivity contribution in [2.45, 2.75) is 50.8 Å². The summed E-state index contributed by atoms with van der Waals surface area (Å²) in [5.74, 6) is 0. The summed E-state index contributed by atoms with van der Waals surface area (Å²) < 4.78 is 5.04. The zero-order valence-electron chi connectivity index (χ0n) is 8.62. The van der Waals surface area contributed by atoms with E-state index in [2.05, 4.69) is 12.2 Å². The molecule has 0 saturated heterocycles. The van der Waals surface area contributed by atoms with E-state index < -0.39 is 0 Å². The molecular formula is C10H21NO2. The molecule has 0 spiro atoms. The van der Waals surface area contributed by atoms with Gasteiger partial charge in [0.1, 0.15) is 0 Å². The monoisotopic (exact) mass is 187 g/mol.